The first-order valence-electron chi connectivity index (χ1n) is 6.74. The van der Waals surface area contributed by atoms with Crippen LogP contribution in [0.15, 0.2) is 41.2 Å². The van der Waals surface area contributed by atoms with Gasteiger partial charge in [-0.05, 0) is 26.2 Å². The zero-order chi connectivity index (χ0) is 15.2. The molecule has 2 rings (SSSR count). The largest absolute Gasteiger partial charge is 0.480 e. The van der Waals surface area contributed by atoms with Crippen molar-refractivity contribution in [1.82, 2.24) is 14.7 Å². The van der Waals surface area contributed by atoms with Gasteiger partial charge in [0, 0.05) is 19.2 Å². The van der Waals surface area contributed by atoms with Crippen LogP contribution in [0.25, 0.3) is 5.69 Å². The molecular weight excluding hydrogens is 268 g/mol. The standard InChI is InChI=1S/C15H20N4O2/c1-18(2)10-9-16-13-11-14(21-3)17-19(15(13)20)12-7-5-4-6-8-12/h4-8,11,16H,9-10H2,1-3H3. The van der Waals surface area contributed by atoms with Gasteiger partial charge in [-0.25, -0.2) is 0 Å². The quantitative estimate of drug-likeness (QED) is 0.866. The Morgan fingerprint density at radius 3 is 2.62 bits per heavy atom. The number of anilines is 1. The maximum atomic E-state index is 12.5. The summed E-state index contributed by atoms with van der Waals surface area (Å²) in [4.78, 5) is 14.5. The summed E-state index contributed by atoms with van der Waals surface area (Å²) in [5.41, 5.74) is 0.991. The number of methoxy groups -OCH3 is 1. The maximum absolute atomic E-state index is 12.5. The van der Waals surface area contributed by atoms with Crippen LogP contribution in [-0.2, 0) is 0 Å². The van der Waals surface area contributed by atoms with Gasteiger partial charge in [0.25, 0.3) is 5.56 Å². The number of nitrogens with zero attached hydrogens (tertiary/aromatic N) is 3. The first-order chi connectivity index (χ1) is 10.1. The van der Waals surface area contributed by atoms with Gasteiger partial charge >= 0.3 is 0 Å². The van der Waals surface area contributed by atoms with E-state index in [0.717, 1.165) is 6.54 Å². The lowest BCUT2D eigenvalue weighted by atomic mass is 10.3. The van der Waals surface area contributed by atoms with Gasteiger partial charge in [-0.2, -0.15) is 4.68 Å². The molecule has 0 amide bonds. The molecule has 0 bridgehead atoms. The first kappa shape index (κ1) is 15.1. The second kappa shape index (κ2) is 6.90. The van der Waals surface area contributed by atoms with Gasteiger partial charge in [0.15, 0.2) is 0 Å². The van der Waals surface area contributed by atoms with Crippen molar-refractivity contribution < 1.29 is 4.74 Å². The fourth-order valence-corrected chi connectivity index (χ4v) is 1.86. The van der Waals surface area contributed by atoms with E-state index in [9.17, 15) is 4.79 Å². The Labute approximate surface area is 124 Å². The van der Waals surface area contributed by atoms with Gasteiger partial charge < -0.3 is 15.0 Å². The Kier molecular flexibility index (Phi) is 4.94. The zero-order valence-corrected chi connectivity index (χ0v) is 12.5. The summed E-state index contributed by atoms with van der Waals surface area (Å²) in [7, 11) is 5.50. The molecule has 2 aromatic rings. The summed E-state index contributed by atoms with van der Waals surface area (Å²) in [6.07, 6.45) is 0. The van der Waals surface area contributed by atoms with E-state index >= 15 is 0 Å². The number of para-hydroxylation sites is 1. The average Bonchev–Trinajstić information content (AvgIpc) is 2.49. The second-order valence-corrected chi connectivity index (χ2v) is 4.88. The molecule has 0 fully saturated rings. The molecule has 1 heterocycles. The van der Waals surface area contributed by atoms with E-state index in [0.29, 0.717) is 23.8 Å². The van der Waals surface area contributed by atoms with Crippen LogP contribution < -0.4 is 15.6 Å². The van der Waals surface area contributed by atoms with Crippen molar-refractivity contribution in [3.63, 3.8) is 0 Å². The predicted molar refractivity (Wildman–Crippen MR) is 83.4 cm³/mol. The number of aromatic nitrogens is 2. The van der Waals surface area contributed by atoms with E-state index < -0.39 is 0 Å². The number of likely N-dealkylation sites (N-methyl/N-ethyl adjacent to an activating group) is 1. The molecule has 0 unspecified atom stereocenters. The van der Waals surface area contributed by atoms with Crippen LogP contribution in [0.2, 0.25) is 0 Å². The molecule has 1 N–H and O–H groups in total. The number of rotatable bonds is 6. The molecule has 0 aliphatic rings. The van der Waals surface area contributed by atoms with Crippen LogP contribution in [0.5, 0.6) is 5.88 Å². The van der Waals surface area contributed by atoms with E-state index in [4.69, 9.17) is 4.74 Å². The molecule has 0 aliphatic heterocycles. The summed E-state index contributed by atoms with van der Waals surface area (Å²) >= 11 is 0. The van der Waals surface area contributed by atoms with E-state index in [-0.39, 0.29) is 5.56 Å². The Morgan fingerprint density at radius 2 is 2.00 bits per heavy atom. The fourth-order valence-electron chi connectivity index (χ4n) is 1.86. The highest BCUT2D eigenvalue weighted by Gasteiger charge is 2.10. The third kappa shape index (κ3) is 3.82. The molecule has 0 spiro atoms. The summed E-state index contributed by atoms with van der Waals surface area (Å²) in [5.74, 6) is 0.394. The molecular formula is C15H20N4O2. The third-order valence-corrected chi connectivity index (χ3v) is 2.97. The SMILES string of the molecule is COc1cc(NCCN(C)C)c(=O)n(-c2ccccc2)n1. The molecule has 0 saturated carbocycles. The van der Waals surface area contributed by atoms with E-state index in [2.05, 4.69) is 10.4 Å². The number of benzene rings is 1. The van der Waals surface area contributed by atoms with Crippen molar-refractivity contribution in [1.29, 1.82) is 0 Å². The summed E-state index contributed by atoms with van der Waals surface area (Å²) in [6, 6.07) is 10.9. The maximum Gasteiger partial charge on any atom is 0.295 e. The first-order valence-corrected chi connectivity index (χ1v) is 6.74. The highest BCUT2D eigenvalue weighted by atomic mass is 16.5. The van der Waals surface area contributed by atoms with Gasteiger partial charge in [-0.15, -0.1) is 5.10 Å². The summed E-state index contributed by atoms with van der Waals surface area (Å²) in [6.45, 7) is 1.50. The predicted octanol–water partition coefficient (Wildman–Crippen LogP) is 1.21. The lowest BCUT2D eigenvalue weighted by Gasteiger charge is -2.13. The fraction of sp³-hybridized carbons (Fsp3) is 0.333. The third-order valence-electron chi connectivity index (χ3n) is 2.97. The minimum Gasteiger partial charge on any atom is -0.480 e. The van der Waals surface area contributed by atoms with Crippen LogP contribution in [0, 0.1) is 0 Å². The molecule has 112 valence electrons. The highest BCUT2D eigenvalue weighted by Crippen LogP contribution is 2.12. The van der Waals surface area contributed by atoms with Crippen molar-refractivity contribution in [3.8, 4) is 11.6 Å². The molecule has 1 aromatic heterocycles. The van der Waals surface area contributed by atoms with Crippen molar-refractivity contribution in [3.05, 3.63) is 46.8 Å². The minimum absolute atomic E-state index is 0.194. The topological polar surface area (TPSA) is 59.4 Å². The molecule has 6 heteroatoms. The van der Waals surface area contributed by atoms with Gasteiger partial charge in [0.05, 0.1) is 12.8 Å². The monoisotopic (exact) mass is 288 g/mol. The Hall–Kier alpha value is -2.34. The van der Waals surface area contributed by atoms with Crippen molar-refractivity contribution >= 4 is 5.69 Å². The van der Waals surface area contributed by atoms with E-state index in [1.54, 1.807) is 6.07 Å². The summed E-state index contributed by atoms with van der Waals surface area (Å²) < 4.78 is 6.52. The van der Waals surface area contributed by atoms with Crippen LogP contribution in [-0.4, -0.2) is 49.0 Å². The summed E-state index contributed by atoms with van der Waals surface area (Å²) in [5, 5.41) is 7.33. The molecule has 1 aromatic carbocycles. The molecule has 0 radical (unpaired) electrons. The normalized spacial score (nSPS) is 10.7. The Bertz CT molecular complexity index is 638. The van der Waals surface area contributed by atoms with Crippen molar-refractivity contribution in [2.24, 2.45) is 0 Å². The van der Waals surface area contributed by atoms with E-state index in [1.807, 2.05) is 49.3 Å². The number of nitrogens with one attached hydrogen (secondary N) is 1. The molecule has 0 aliphatic carbocycles. The molecule has 21 heavy (non-hydrogen) atoms. The smallest absolute Gasteiger partial charge is 0.295 e. The van der Waals surface area contributed by atoms with Crippen LogP contribution in [0.3, 0.4) is 0 Å². The minimum atomic E-state index is -0.194. The lowest BCUT2D eigenvalue weighted by molar-refractivity contribution is 0.386. The Morgan fingerprint density at radius 1 is 1.29 bits per heavy atom. The average molecular weight is 288 g/mol. The molecule has 6 nitrogen and oxygen atoms in total. The van der Waals surface area contributed by atoms with Crippen LogP contribution in [0.4, 0.5) is 5.69 Å². The zero-order valence-electron chi connectivity index (χ0n) is 12.5. The second-order valence-electron chi connectivity index (χ2n) is 4.88. The van der Waals surface area contributed by atoms with E-state index in [1.165, 1.54) is 11.8 Å². The Balaban J connectivity index is 2.35. The lowest BCUT2D eigenvalue weighted by Crippen LogP contribution is -2.28. The molecule has 0 saturated heterocycles. The van der Waals surface area contributed by atoms with Gasteiger partial charge in [-0.1, -0.05) is 18.2 Å². The number of hydrogen-bond donors (Lipinski definition) is 1. The number of hydrogen-bond acceptors (Lipinski definition) is 5. The van der Waals surface area contributed by atoms with Crippen LogP contribution in [0.1, 0.15) is 0 Å². The molecule has 0 atom stereocenters. The number of ether oxygens (including phenoxy) is 1. The van der Waals surface area contributed by atoms with Gasteiger partial charge in [-0.3, -0.25) is 4.79 Å². The van der Waals surface area contributed by atoms with Gasteiger partial charge in [0.1, 0.15) is 5.69 Å². The van der Waals surface area contributed by atoms with Crippen molar-refractivity contribution in [2.45, 2.75) is 0 Å². The highest BCUT2D eigenvalue weighted by molar-refractivity contribution is 5.46. The van der Waals surface area contributed by atoms with Gasteiger partial charge in [0.2, 0.25) is 5.88 Å². The van der Waals surface area contributed by atoms with Crippen molar-refractivity contribution in [2.75, 3.05) is 39.6 Å². The van der Waals surface area contributed by atoms with Crippen LogP contribution >= 0.6 is 0 Å².